The van der Waals surface area contributed by atoms with Crippen LogP contribution in [0.5, 0.6) is 0 Å². The van der Waals surface area contributed by atoms with Crippen molar-refractivity contribution in [1.29, 1.82) is 0 Å². The minimum atomic E-state index is -4.36. The molecular weight excluding hydrogens is 442 g/mol. The summed E-state index contributed by atoms with van der Waals surface area (Å²) >= 11 is 13.2. The molecule has 0 radical (unpaired) electrons. The van der Waals surface area contributed by atoms with Crippen molar-refractivity contribution >= 4 is 46.6 Å². The molecule has 0 fully saturated rings. The molecule has 0 atom stereocenters. The summed E-state index contributed by atoms with van der Waals surface area (Å²) in [4.78, 5) is 12.9. The normalized spacial score (nSPS) is 11.3. The second-order valence-corrected chi connectivity index (χ2v) is 7.98. The standard InChI is InChI=1S/C21H14Cl2F3NOS/c22-15-6-9-18(19(23)11-15)20(28)27-16-7-4-13(5-8-16)12-29-17-3-1-2-14(10-17)21(24,25)26/h1-11H,12H2,(H,27,28). The highest BCUT2D eigenvalue weighted by molar-refractivity contribution is 7.98. The molecule has 1 amide bonds. The maximum Gasteiger partial charge on any atom is 0.416 e. The highest BCUT2D eigenvalue weighted by Crippen LogP contribution is 2.33. The van der Waals surface area contributed by atoms with E-state index in [1.54, 1.807) is 42.5 Å². The van der Waals surface area contributed by atoms with Crippen LogP contribution in [0.4, 0.5) is 18.9 Å². The Balaban J connectivity index is 1.61. The van der Waals surface area contributed by atoms with Crippen LogP contribution in [0.25, 0.3) is 0 Å². The Hall–Kier alpha value is -2.15. The molecule has 8 heteroatoms. The van der Waals surface area contributed by atoms with Crippen LogP contribution in [-0.4, -0.2) is 5.91 Å². The van der Waals surface area contributed by atoms with Crippen LogP contribution >= 0.6 is 35.0 Å². The third kappa shape index (κ3) is 5.92. The molecule has 3 rings (SSSR count). The Morgan fingerprint density at radius 1 is 0.966 bits per heavy atom. The van der Waals surface area contributed by atoms with Crippen LogP contribution in [-0.2, 0) is 11.9 Å². The zero-order valence-corrected chi connectivity index (χ0v) is 17.1. The summed E-state index contributed by atoms with van der Waals surface area (Å²) < 4.78 is 38.4. The van der Waals surface area contributed by atoms with Gasteiger partial charge in [0, 0.05) is 21.4 Å². The SMILES string of the molecule is O=C(Nc1ccc(CSc2cccc(C(F)(F)F)c2)cc1)c1ccc(Cl)cc1Cl. The van der Waals surface area contributed by atoms with Crippen LogP contribution in [0, 0.1) is 0 Å². The van der Waals surface area contributed by atoms with Gasteiger partial charge in [0.15, 0.2) is 0 Å². The summed E-state index contributed by atoms with van der Waals surface area (Å²) in [5, 5.41) is 3.44. The van der Waals surface area contributed by atoms with Crippen LogP contribution in [0.3, 0.4) is 0 Å². The Morgan fingerprint density at radius 3 is 2.34 bits per heavy atom. The fourth-order valence-corrected chi connectivity index (χ4v) is 3.89. The summed E-state index contributed by atoms with van der Waals surface area (Å²) in [5.74, 6) is 0.135. The van der Waals surface area contributed by atoms with Crippen LogP contribution in [0.15, 0.2) is 71.6 Å². The van der Waals surface area contributed by atoms with Crippen LogP contribution in [0.2, 0.25) is 10.0 Å². The topological polar surface area (TPSA) is 29.1 Å². The van der Waals surface area contributed by atoms with Gasteiger partial charge in [0.2, 0.25) is 0 Å². The minimum Gasteiger partial charge on any atom is -0.322 e. The first-order valence-electron chi connectivity index (χ1n) is 8.38. The summed E-state index contributed by atoms with van der Waals surface area (Å²) in [5.41, 5.74) is 1.13. The Kier molecular flexibility index (Phi) is 6.77. The van der Waals surface area contributed by atoms with E-state index in [2.05, 4.69) is 5.32 Å². The number of nitrogens with one attached hydrogen (secondary N) is 1. The molecule has 3 aromatic carbocycles. The lowest BCUT2D eigenvalue weighted by Crippen LogP contribution is -2.12. The molecule has 0 spiro atoms. The number of alkyl halides is 3. The van der Waals surface area contributed by atoms with Gasteiger partial charge < -0.3 is 5.32 Å². The second kappa shape index (κ2) is 9.11. The second-order valence-electron chi connectivity index (χ2n) is 6.09. The molecule has 0 heterocycles. The van der Waals surface area contributed by atoms with E-state index in [9.17, 15) is 18.0 Å². The third-order valence-corrected chi connectivity index (χ3v) is 5.57. The number of hydrogen-bond donors (Lipinski definition) is 1. The van der Waals surface area contributed by atoms with Gasteiger partial charge in [-0.15, -0.1) is 11.8 Å². The van der Waals surface area contributed by atoms with Gasteiger partial charge in [-0.05, 0) is 54.1 Å². The summed E-state index contributed by atoms with van der Waals surface area (Å²) in [6, 6.07) is 16.9. The highest BCUT2D eigenvalue weighted by atomic mass is 35.5. The largest absolute Gasteiger partial charge is 0.416 e. The zero-order valence-electron chi connectivity index (χ0n) is 14.8. The van der Waals surface area contributed by atoms with E-state index in [0.29, 0.717) is 26.9 Å². The van der Waals surface area contributed by atoms with E-state index in [-0.39, 0.29) is 10.9 Å². The van der Waals surface area contributed by atoms with E-state index in [1.807, 2.05) is 0 Å². The van der Waals surface area contributed by atoms with Gasteiger partial charge in [0.05, 0.1) is 16.1 Å². The van der Waals surface area contributed by atoms with Crippen LogP contribution < -0.4 is 5.32 Å². The predicted octanol–water partition coefficient (Wildman–Crippen LogP) is 7.56. The molecule has 0 aromatic heterocycles. The monoisotopic (exact) mass is 455 g/mol. The number of halogens is 5. The van der Waals surface area contributed by atoms with Crippen molar-refractivity contribution in [2.45, 2.75) is 16.8 Å². The molecule has 0 saturated carbocycles. The van der Waals surface area contributed by atoms with Gasteiger partial charge >= 0.3 is 6.18 Å². The number of carbonyl (C=O) groups is 1. The molecular formula is C21H14Cl2F3NOS. The molecule has 150 valence electrons. The minimum absolute atomic E-state index is 0.254. The Labute approximate surface area is 180 Å². The van der Waals surface area contributed by atoms with Gasteiger partial charge in [-0.3, -0.25) is 4.79 Å². The zero-order chi connectivity index (χ0) is 21.0. The average molecular weight is 456 g/mol. The third-order valence-electron chi connectivity index (χ3n) is 3.95. The van der Waals surface area contributed by atoms with Crippen molar-refractivity contribution in [2.75, 3.05) is 5.32 Å². The number of thioether (sulfide) groups is 1. The van der Waals surface area contributed by atoms with Crippen molar-refractivity contribution in [1.82, 2.24) is 0 Å². The van der Waals surface area contributed by atoms with Crippen molar-refractivity contribution in [3.05, 3.63) is 93.5 Å². The quantitative estimate of drug-likeness (QED) is 0.402. The van der Waals surface area contributed by atoms with Crippen molar-refractivity contribution < 1.29 is 18.0 Å². The molecule has 1 N–H and O–H groups in total. The maximum absolute atomic E-state index is 12.8. The van der Waals surface area contributed by atoms with Gasteiger partial charge in [-0.25, -0.2) is 0 Å². The van der Waals surface area contributed by atoms with Crippen molar-refractivity contribution in [2.24, 2.45) is 0 Å². The number of amides is 1. The molecule has 0 unspecified atom stereocenters. The van der Waals surface area contributed by atoms with E-state index < -0.39 is 11.7 Å². The molecule has 2 nitrogen and oxygen atoms in total. The fourth-order valence-electron chi connectivity index (χ4n) is 2.49. The van der Waals surface area contributed by atoms with Crippen molar-refractivity contribution in [3.63, 3.8) is 0 Å². The van der Waals surface area contributed by atoms with E-state index >= 15 is 0 Å². The molecule has 0 aliphatic carbocycles. The lowest BCUT2D eigenvalue weighted by atomic mass is 10.2. The van der Waals surface area contributed by atoms with Crippen molar-refractivity contribution in [3.8, 4) is 0 Å². The first-order chi connectivity index (χ1) is 13.7. The summed E-state index contributed by atoms with van der Waals surface area (Å²) in [6.07, 6.45) is -4.36. The molecule has 0 saturated heterocycles. The number of rotatable bonds is 5. The van der Waals surface area contributed by atoms with Gasteiger partial charge in [-0.2, -0.15) is 13.2 Å². The number of anilines is 1. The average Bonchev–Trinajstić information content (AvgIpc) is 2.67. The number of carbonyl (C=O) groups excluding carboxylic acids is 1. The first kappa shape index (κ1) is 21.6. The molecule has 29 heavy (non-hydrogen) atoms. The Morgan fingerprint density at radius 2 is 1.69 bits per heavy atom. The predicted molar refractivity (Wildman–Crippen MR) is 112 cm³/mol. The van der Waals surface area contributed by atoms with Crippen LogP contribution in [0.1, 0.15) is 21.5 Å². The Bertz CT molecular complexity index is 1020. The summed E-state index contributed by atoms with van der Waals surface area (Å²) in [7, 11) is 0. The van der Waals surface area contributed by atoms with Gasteiger partial charge in [0.25, 0.3) is 5.91 Å². The molecule has 0 bridgehead atoms. The number of benzene rings is 3. The van der Waals surface area contributed by atoms with E-state index in [1.165, 1.54) is 23.9 Å². The molecule has 0 aliphatic rings. The summed E-state index contributed by atoms with van der Waals surface area (Å²) in [6.45, 7) is 0. The smallest absolute Gasteiger partial charge is 0.322 e. The lowest BCUT2D eigenvalue weighted by molar-refractivity contribution is -0.137. The highest BCUT2D eigenvalue weighted by Gasteiger charge is 2.30. The maximum atomic E-state index is 12.8. The van der Waals surface area contributed by atoms with Gasteiger partial charge in [-0.1, -0.05) is 41.4 Å². The lowest BCUT2D eigenvalue weighted by Gasteiger charge is -2.09. The van der Waals surface area contributed by atoms with E-state index in [0.717, 1.165) is 17.7 Å². The molecule has 0 aliphatic heterocycles. The van der Waals surface area contributed by atoms with E-state index in [4.69, 9.17) is 23.2 Å². The molecule has 3 aromatic rings. The number of hydrogen-bond acceptors (Lipinski definition) is 2. The fraction of sp³-hybridized carbons (Fsp3) is 0.0952. The van der Waals surface area contributed by atoms with Gasteiger partial charge in [0.1, 0.15) is 0 Å². The first-order valence-corrected chi connectivity index (χ1v) is 10.1.